The molecule has 0 aliphatic carbocycles. The topological polar surface area (TPSA) is 62.2 Å². The van der Waals surface area contributed by atoms with Gasteiger partial charge in [0.25, 0.3) is 0 Å². The Morgan fingerprint density at radius 3 is 2.65 bits per heavy atom. The first-order valence-corrected chi connectivity index (χ1v) is 6.24. The van der Waals surface area contributed by atoms with Gasteiger partial charge in [0.2, 0.25) is 0 Å². The number of hydrogen-bond donors (Lipinski definition) is 2. The zero-order valence-corrected chi connectivity index (χ0v) is 11.0. The van der Waals surface area contributed by atoms with Gasteiger partial charge in [-0.2, -0.15) is 13.2 Å². The lowest BCUT2D eigenvalue weighted by molar-refractivity contribution is -0.137. The lowest BCUT2D eigenvalue weighted by Crippen LogP contribution is -2.05. The highest BCUT2D eigenvalue weighted by atomic mass is 32.1. The quantitative estimate of drug-likeness (QED) is 0.902. The highest BCUT2D eigenvalue weighted by Crippen LogP contribution is 2.32. The van der Waals surface area contributed by atoms with Crippen LogP contribution in [0.4, 0.5) is 24.0 Å². The van der Waals surface area contributed by atoms with Gasteiger partial charge in [0.05, 0.1) is 11.3 Å². The van der Waals surface area contributed by atoms with Crippen LogP contribution in [0, 0.1) is 6.92 Å². The third kappa shape index (κ3) is 3.08. The third-order valence-corrected chi connectivity index (χ3v) is 3.49. The van der Waals surface area contributed by atoms with Crippen LogP contribution in [0.15, 0.2) is 24.3 Å². The van der Waals surface area contributed by atoms with Gasteiger partial charge in [-0.15, -0.1) is 0 Å². The fourth-order valence-corrected chi connectivity index (χ4v) is 2.37. The van der Waals surface area contributed by atoms with E-state index in [2.05, 4.69) is 10.3 Å². The molecule has 0 saturated heterocycles. The van der Waals surface area contributed by atoms with Crippen LogP contribution in [-0.4, -0.2) is 16.1 Å². The van der Waals surface area contributed by atoms with Crippen molar-refractivity contribution in [2.75, 3.05) is 5.32 Å². The number of alkyl halides is 3. The molecule has 0 bridgehead atoms. The molecule has 0 radical (unpaired) electrons. The van der Waals surface area contributed by atoms with Crippen LogP contribution in [-0.2, 0) is 6.18 Å². The van der Waals surface area contributed by atoms with Crippen molar-refractivity contribution in [1.29, 1.82) is 0 Å². The molecule has 0 amide bonds. The molecule has 0 unspecified atom stereocenters. The average molecular weight is 302 g/mol. The number of hydrogen-bond acceptors (Lipinski definition) is 4. The van der Waals surface area contributed by atoms with Gasteiger partial charge < -0.3 is 10.4 Å². The summed E-state index contributed by atoms with van der Waals surface area (Å²) in [7, 11) is 0. The van der Waals surface area contributed by atoms with Gasteiger partial charge in [0, 0.05) is 5.69 Å². The first-order chi connectivity index (χ1) is 9.27. The molecule has 106 valence electrons. The maximum absolute atomic E-state index is 12.6. The minimum Gasteiger partial charge on any atom is -0.477 e. The monoisotopic (exact) mass is 302 g/mol. The largest absolute Gasteiger partial charge is 0.477 e. The zero-order valence-electron chi connectivity index (χ0n) is 10.2. The standard InChI is InChI=1S/C12H9F3N2O2S/c1-6-9(10(18)19)20-11(16-6)17-8-4-2-3-7(5-8)12(13,14)15/h2-5H,1H3,(H,16,17)(H,18,19). The van der Waals surface area contributed by atoms with Crippen molar-refractivity contribution >= 4 is 28.1 Å². The van der Waals surface area contributed by atoms with E-state index >= 15 is 0 Å². The van der Waals surface area contributed by atoms with E-state index < -0.39 is 17.7 Å². The summed E-state index contributed by atoms with van der Waals surface area (Å²) in [5.74, 6) is -1.11. The second kappa shape index (κ2) is 5.12. The number of carboxylic acid groups (broad SMARTS) is 1. The Balaban J connectivity index is 2.26. The van der Waals surface area contributed by atoms with E-state index in [1.165, 1.54) is 19.1 Å². The number of benzene rings is 1. The van der Waals surface area contributed by atoms with Crippen LogP contribution >= 0.6 is 11.3 Å². The van der Waals surface area contributed by atoms with Crippen molar-refractivity contribution in [2.24, 2.45) is 0 Å². The summed E-state index contributed by atoms with van der Waals surface area (Å²) in [6, 6.07) is 4.62. The van der Waals surface area contributed by atoms with Gasteiger partial charge >= 0.3 is 12.1 Å². The molecule has 8 heteroatoms. The molecule has 0 aliphatic rings. The van der Waals surface area contributed by atoms with Gasteiger partial charge in [0.1, 0.15) is 4.88 Å². The van der Waals surface area contributed by atoms with Crippen molar-refractivity contribution in [3.63, 3.8) is 0 Å². The smallest absolute Gasteiger partial charge is 0.416 e. The van der Waals surface area contributed by atoms with Crippen molar-refractivity contribution in [3.8, 4) is 0 Å². The molecule has 0 aliphatic heterocycles. The lowest BCUT2D eigenvalue weighted by atomic mass is 10.2. The Labute approximate surface area is 115 Å². The molecular formula is C12H9F3N2O2S. The fourth-order valence-electron chi connectivity index (χ4n) is 1.55. The van der Waals surface area contributed by atoms with Crippen LogP contribution in [0.2, 0.25) is 0 Å². The number of halogens is 3. The molecular weight excluding hydrogens is 293 g/mol. The molecule has 1 aromatic heterocycles. The fraction of sp³-hybridized carbons (Fsp3) is 0.167. The minimum atomic E-state index is -4.43. The Hall–Kier alpha value is -2.09. The van der Waals surface area contributed by atoms with Crippen LogP contribution < -0.4 is 5.32 Å². The van der Waals surface area contributed by atoms with Crippen molar-refractivity contribution in [1.82, 2.24) is 4.98 Å². The third-order valence-electron chi connectivity index (χ3n) is 2.43. The molecule has 20 heavy (non-hydrogen) atoms. The Bertz CT molecular complexity index is 652. The normalized spacial score (nSPS) is 11.4. The maximum atomic E-state index is 12.6. The SMILES string of the molecule is Cc1nc(Nc2cccc(C(F)(F)F)c2)sc1C(=O)O. The predicted molar refractivity (Wildman–Crippen MR) is 68.5 cm³/mol. The number of carboxylic acids is 1. The summed E-state index contributed by atoms with van der Waals surface area (Å²) in [6.07, 6.45) is -4.43. The first kappa shape index (κ1) is 14.3. The first-order valence-electron chi connectivity index (χ1n) is 5.42. The molecule has 0 spiro atoms. The van der Waals surface area contributed by atoms with E-state index in [1.54, 1.807) is 0 Å². The number of aryl methyl sites for hydroxylation is 1. The van der Waals surface area contributed by atoms with E-state index in [0.29, 0.717) is 5.69 Å². The molecule has 1 aromatic carbocycles. The van der Waals surface area contributed by atoms with E-state index in [-0.39, 0.29) is 15.7 Å². The van der Waals surface area contributed by atoms with Crippen LogP contribution in [0.3, 0.4) is 0 Å². The van der Waals surface area contributed by atoms with Gasteiger partial charge in [0.15, 0.2) is 5.13 Å². The van der Waals surface area contributed by atoms with E-state index in [9.17, 15) is 18.0 Å². The van der Waals surface area contributed by atoms with Crippen LogP contribution in [0.25, 0.3) is 0 Å². The molecule has 0 fully saturated rings. The van der Waals surface area contributed by atoms with Gasteiger partial charge in [-0.3, -0.25) is 0 Å². The molecule has 0 atom stereocenters. The van der Waals surface area contributed by atoms with Gasteiger partial charge in [-0.1, -0.05) is 17.4 Å². The lowest BCUT2D eigenvalue weighted by Gasteiger charge is -2.08. The van der Waals surface area contributed by atoms with Gasteiger partial charge in [-0.05, 0) is 25.1 Å². The number of anilines is 2. The van der Waals surface area contributed by atoms with E-state index in [1.807, 2.05) is 0 Å². The summed E-state index contributed by atoms with van der Waals surface area (Å²) < 4.78 is 37.7. The minimum absolute atomic E-state index is 0.0551. The Kier molecular flexibility index (Phi) is 3.67. The second-order valence-corrected chi connectivity index (χ2v) is 4.94. The number of thiazole rings is 1. The number of aromatic nitrogens is 1. The summed E-state index contributed by atoms with van der Waals surface area (Å²) in [5, 5.41) is 11.8. The molecule has 1 heterocycles. The van der Waals surface area contributed by atoms with Crippen molar-refractivity contribution < 1.29 is 23.1 Å². The number of nitrogens with one attached hydrogen (secondary N) is 1. The summed E-state index contributed by atoms with van der Waals surface area (Å²) in [4.78, 5) is 14.9. The summed E-state index contributed by atoms with van der Waals surface area (Å²) in [6.45, 7) is 1.53. The molecule has 2 rings (SSSR count). The molecule has 2 aromatic rings. The number of nitrogens with zero attached hydrogens (tertiary/aromatic N) is 1. The highest BCUT2D eigenvalue weighted by Gasteiger charge is 2.30. The number of aromatic carboxylic acids is 1. The van der Waals surface area contributed by atoms with Crippen LogP contribution in [0.1, 0.15) is 20.9 Å². The Morgan fingerprint density at radius 2 is 2.10 bits per heavy atom. The predicted octanol–water partition coefficient (Wildman–Crippen LogP) is 3.91. The summed E-state index contributed by atoms with van der Waals surface area (Å²) in [5.41, 5.74) is -0.267. The van der Waals surface area contributed by atoms with Gasteiger partial charge in [-0.25, -0.2) is 9.78 Å². The highest BCUT2D eigenvalue weighted by molar-refractivity contribution is 7.17. The molecule has 2 N–H and O–H groups in total. The average Bonchev–Trinajstić information content (AvgIpc) is 2.69. The van der Waals surface area contributed by atoms with Crippen LogP contribution in [0.5, 0.6) is 0 Å². The second-order valence-electron chi connectivity index (χ2n) is 3.94. The van der Waals surface area contributed by atoms with Crippen molar-refractivity contribution in [2.45, 2.75) is 13.1 Å². The van der Waals surface area contributed by atoms with E-state index in [4.69, 9.17) is 5.11 Å². The zero-order chi connectivity index (χ0) is 14.9. The van der Waals surface area contributed by atoms with E-state index in [0.717, 1.165) is 23.5 Å². The number of rotatable bonds is 3. The molecule has 0 saturated carbocycles. The maximum Gasteiger partial charge on any atom is 0.416 e. The Morgan fingerprint density at radius 1 is 1.40 bits per heavy atom. The van der Waals surface area contributed by atoms with Crippen molar-refractivity contribution in [3.05, 3.63) is 40.4 Å². The summed E-state index contributed by atoms with van der Waals surface area (Å²) >= 11 is 0.873. The molecule has 4 nitrogen and oxygen atoms in total. The number of carbonyl (C=O) groups is 1.